The van der Waals surface area contributed by atoms with E-state index in [-0.39, 0.29) is 17.9 Å². The molecule has 2 heterocycles. The van der Waals surface area contributed by atoms with Crippen molar-refractivity contribution in [1.82, 2.24) is 9.88 Å². The Morgan fingerprint density at radius 1 is 1.15 bits per heavy atom. The number of benzene rings is 1. The van der Waals surface area contributed by atoms with E-state index in [0.717, 1.165) is 36.9 Å². The maximum atomic E-state index is 13.1. The summed E-state index contributed by atoms with van der Waals surface area (Å²) in [5, 5.41) is 11.6. The Labute approximate surface area is 154 Å². The first-order valence-electron chi connectivity index (χ1n) is 9.61. The summed E-state index contributed by atoms with van der Waals surface area (Å²) in [4.78, 5) is 19.4. The molecule has 2 aromatic rings. The predicted octanol–water partition coefficient (Wildman–Crippen LogP) is 3.68. The van der Waals surface area contributed by atoms with Crippen molar-refractivity contribution in [1.29, 1.82) is 0 Å². The van der Waals surface area contributed by atoms with Crippen LogP contribution in [0.4, 0.5) is 0 Å². The fourth-order valence-electron chi connectivity index (χ4n) is 4.78. The summed E-state index contributed by atoms with van der Waals surface area (Å²) >= 11 is 0. The molecule has 1 amide bonds. The van der Waals surface area contributed by atoms with Crippen molar-refractivity contribution >= 4 is 5.91 Å². The number of carbonyl (C=O) groups excluding carboxylic acids is 1. The van der Waals surface area contributed by atoms with Crippen molar-refractivity contribution in [3.8, 4) is 0 Å². The third-order valence-corrected chi connectivity index (χ3v) is 6.17. The SMILES string of the molecule is Cc1ccc(C(=O)N2CCC(O)(c3ccccc3)[C@H]3CCCC[C@H]32)cn1. The van der Waals surface area contributed by atoms with Gasteiger partial charge >= 0.3 is 0 Å². The van der Waals surface area contributed by atoms with Crippen LogP contribution in [0.1, 0.15) is 53.7 Å². The van der Waals surface area contributed by atoms with E-state index in [1.54, 1.807) is 6.20 Å². The minimum absolute atomic E-state index is 0.0458. The first-order valence-corrected chi connectivity index (χ1v) is 9.61. The number of fused-ring (bicyclic) bond motifs is 1. The van der Waals surface area contributed by atoms with Gasteiger partial charge < -0.3 is 10.0 Å². The molecule has 0 radical (unpaired) electrons. The molecule has 1 unspecified atom stereocenters. The lowest BCUT2D eigenvalue weighted by Gasteiger charge is -2.52. The summed E-state index contributed by atoms with van der Waals surface area (Å²) in [6.45, 7) is 2.51. The van der Waals surface area contributed by atoms with Gasteiger partial charge in [-0.2, -0.15) is 0 Å². The summed E-state index contributed by atoms with van der Waals surface area (Å²) in [7, 11) is 0. The fraction of sp³-hybridized carbons (Fsp3) is 0.455. The molecule has 26 heavy (non-hydrogen) atoms. The number of carbonyl (C=O) groups is 1. The van der Waals surface area contributed by atoms with Crippen LogP contribution in [0.15, 0.2) is 48.7 Å². The van der Waals surface area contributed by atoms with Gasteiger partial charge in [0.15, 0.2) is 0 Å². The van der Waals surface area contributed by atoms with Gasteiger partial charge in [0.25, 0.3) is 5.91 Å². The van der Waals surface area contributed by atoms with Crippen LogP contribution in [-0.2, 0) is 5.60 Å². The zero-order chi connectivity index (χ0) is 18.1. The highest BCUT2D eigenvalue weighted by atomic mass is 16.3. The standard InChI is InChI=1S/C22H26N2O2/c1-16-11-12-17(15-23-16)21(25)24-14-13-22(26,18-7-3-2-4-8-18)19-9-5-6-10-20(19)24/h2-4,7-8,11-12,15,19-20,26H,5-6,9-10,13-14H2,1H3/t19-,20+,22?/m0/s1. The maximum absolute atomic E-state index is 13.1. The van der Waals surface area contributed by atoms with Crippen LogP contribution in [0.2, 0.25) is 0 Å². The van der Waals surface area contributed by atoms with E-state index in [4.69, 9.17) is 0 Å². The average Bonchev–Trinajstić information content (AvgIpc) is 2.69. The molecule has 1 saturated heterocycles. The van der Waals surface area contributed by atoms with Gasteiger partial charge in [-0.15, -0.1) is 0 Å². The molecule has 1 aliphatic heterocycles. The van der Waals surface area contributed by atoms with Crippen LogP contribution < -0.4 is 0 Å². The van der Waals surface area contributed by atoms with Crippen LogP contribution in [0, 0.1) is 12.8 Å². The lowest BCUT2D eigenvalue weighted by atomic mass is 9.66. The largest absolute Gasteiger partial charge is 0.385 e. The van der Waals surface area contributed by atoms with Crippen LogP contribution >= 0.6 is 0 Å². The second-order valence-corrected chi connectivity index (χ2v) is 7.69. The Kier molecular flexibility index (Phi) is 4.53. The quantitative estimate of drug-likeness (QED) is 0.899. The average molecular weight is 350 g/mol. The monoisotopic (exact) mass is 350 g/mol. The molecule has 2 aliphatic rings. The van der Waals surface area contributed by atoms with Gasteiger partial charge in [0.1, 0.15) is 0 Å². The van der Waals surface area contributed by atoms with E-state index < -0.39 is 5.60 Å². The second-order valence-electron chi connectivity index (χ2n) is 7.69. The predicted molar refractivity (Wildman–Crippen MR) is 101 cm³/mol. The second kappa shape index (κ2) is 6.84. The van der Waals surface area contributed by atoms with Gasteiger partial charge in [0.05, 0.1) is 11.2 Å². The van der Waals surface area contributed by atoms with E-state index in [9.17, 15) is 9.90 Å². The van der Waals surface area contributed by atoms with E-state index in [1.165, 1.54) is 0 Å². The van der Waals surface area contributed by atoms with Gasteiger partial charge in [0, 0.05) is 30.4 Å². The van der Waals surface area contributed by atoms with Crippen molar-refractivity contribution in [2.75, 3.05) is 6.54 Å². The Hall–Kier alpha value is -2.20. The molecule has 4 nitrogen and oxygen atoms in total. The van der Waals surface area contributed by atoms with E-state index in [2.05, 4.69) is 4.98 Å². The molecule has 0 spiro atoms. The minimum atomic E-state index is -0.839. The van der Waals surface area contributed by atoms with E-state index >= 15 is 0 Å². The van der Waals surface area contributed by atoms with Gasteiger partial charge in [-0.05, 0) is 43.9 Å². The summed E-state index contributed by atoms with van der Waals surface area (Å²) in [5.74, 6) is 0.138. The topological polar surface area (TPSA) is 53.4 Å². The number of aryl methyl sites for hydroxylation is 1. The number of hydrogen-bond acceptors (Lipinski definition) is 3. The maximum Gasteiger partial charge on any atom is 0.255 e. The molecule has 4 heteroatoms. The lowest BCUT2D eigenvalue weighted by molar-refractivity contribution is -0.110. The zero-order valence-electron chi connectivity index (χ0n) is 15.3. The summed E-state index contributed by atoms with van der Waals surface area (Å²) in [6.07, 6.45) is 6.42. The first-order chi connectivity index (χ1) is 12.6. The number of aromatic nitrogens is 1. The molecule has 0 bridgehead atoms. The molecular weight excluding hydrogens is 324 g/mol. The molecule has 1 aromatic carbocycles. The number of hydrogen-bond donors (Lipinski definition) is 1. The van der Waals surface area contributed by atoms with E-state index in [1.807, 2.05) is 54.3 Å². The van der Waals surface area contributed by atoms with Crippen molar-refractivity contribution in [3.63, 3.8) is 0 Å². The van der Waals surface area contributed by atoms with E-state index in [0.29, 0.717) is 18.5 Å². The number of nitrogens with zero attached hydrogens (tertiary/aromatic N) is 2. The number of pyridine rings is 1. The molecule has 1 N–H and O–H groups in total. The van der Waals surface area contributed by atoms with Gasteiger partial charge in [-0.25, -0.2) is 0 Å². The number of rotatable bonds is 2. The fourth-order valence-corrected chi connectivity index (χ4v) is 4.78. The third-order valence-electron chi connectivity index (χ3n) is 6.17. The molecule has 1 aliphatic carbocycles. The van der Waals surface area contributed by atoms with Crippen molar-refractivity contribution in [2.24, 2.45) is 5.92 Å². The normalized spacial score (nSPS) is 28.5. The van der Waals surface area contributed by atoms with Gasteiger partial charge in [-0.3, -0.25) is 9.78 Å². The molecule has 1 saturated carbocycles. The van der Waals surface area contributed by atoms with Crippen LogP contribution in [-0.4, -0.2) is 33.5 Å². The Bertz CT molecular complexity index is 774. The number of piperidine rings is 1. The van der Waals surface area contributed by atoms with Crippen LogP contribution in [0.5, 0.6) is 0 Å². The molecule has 3 atom stereocenters. The number of amides is 1. The highest BCUT2D eigenvalue weighted by molar-refractivity contribution is 5.94. The lowest BCUT2D eigenvalue weighted by Crippen LogP contribution is -2.59. The zero-order valence-corrected chi connectivity index (χ0v) is 15.3. The Morgan fingerprint density at radius 2 is 1.92 bits per heavy atom. The van der Waals surface area contributed by atoms with Crippen molar-refractivity contribution in [3.05, 3.63) is 65.5 Å². The third kappa shape index (κ3) is 2.92. The summed E-state index contributed by atoms with van der Waals surface area (Å²) in [5.41, 5.74) is 1.70. The molecule has 136 valence electrons. The summed E-state index contributed by atoms with van der Waals surface area (Å²) in [6, 6.07) is 13.8. The summed E-state index contributed by atoms with van der Waals surface area (Å²) < 4.78 is 0. The highest BCUT2D eigenvalue weighted by Gasteiger charge is 2.50. The minimum Gasteiger partial charge on any atom is -0.385 e. The first kappa shape index (κ1) is 17.2. The number of aliphatic hydroxyl groups is 1. The molecule has 2 fully saturated rings. The smallest absolute Gasteiger partial charge is 0.255 e. The van der Waals surface area contributed by atoms with Gasteiger partial charge in [0.2, 0.25) is 0 Å². The Morgan fingerprint density at radius 3 is 2.65 bits per heavy atom. The number of likely N-dealkylation sites (tertiary alicyclic amines) is 1. The van der Waals surface area contributed by atoms with Crippen molar-refractivity contribution < 1.29 is 9.90 Å². The molecule has 4 rings (SSSR count). The van der Waals surface area contributed by atoms with Gasteiger partial charge in [-0.1, -0.05) is 43.2 Å². The van der Waals surface area contributed by atoms with Crippen molar-refractivity contribution in [2.45, 2.75) is 50.7 Å². The van der Waals surface area contributed by atoms with Crippen LogP contribution in [0.25, 0.3) is 0 Å². The molecule has 1 aromatic heterocycles. The molecular formula is C22H26N2O2. The van der Waals surface area contributed by atoms with Crippen LogP contribution in [0.3, 0.4) is 0 Å². The highest BCUT2D eigenvalue weighted by Crippen LogP contribution is 2.47. The Balaban J connectivity index is 1.64.